The summed E-state index contributed by atoms with van der Waals surface area (Å²) < 4.78 is 1.03. The number of amides is 1. The van der Waals surface area contributed by atoms with Gasteiger partial charge in [-0.25, -0.2) is 0 Å². The first-order valence-electron chi connectivity index (χ1n) is 6.34. The van der Waals surface area contributed by atoms with E-state index in [9.17, 15) is 4.79 Å². The molecule has 1 atom stereocenters. The first-order valence-corrected chi connectivity index (χ1v) is 7.13. The highest BCUT2D eigenvalue weighted by Crippen LogP contribution is 2.17. The fraction of sp³-hybridized carbons (Fsp3) is 0.200. The molecule has 0 radical (unpaired) electrons. The summed E-state index contributed by atoms with van der Waals surface area (Å²) in [5, 5.41) is 6.01. The van der Waals surface area contributed by atoms with E-state index in [0.29, 0.717) is 0 Å². The number of hydrogen-bond acceptors (Lipinski definition) is 3. The van der Waals surface area contributed by atoms with Crippen LogP contribution in [-0.2, 0) is 4.79 Å². The van der Waals surface area contributed by atoms with Crippen molar-refractivity contribution in [2.24, 2.45) is 0 Å². The summed E-state index contributed by atoms with van der Waals surface area (Å²) in [5.41, 5.74) is 1.89. The molecule has 1 aromatic carbocycles. The van der Waals surface area contributed by atoms with Crippen molar-refractivity contribution in [3.05, 3.63) is 58.8 Å². The highest BCUT2D eigenvalue weighted by atomic mass is 79.9. The van der Waals surface area contributed by atoms with Gasteiger partial charge in [-0.15, -0.1) is 0 Å². The molecular weight excluding hydrogens is 318 g/mol. The number of pyridine rings is 1. The van der Waals surface area contributed by atoms with Gasteiger partial charge in [0.1, 0.15) is 0 Å². The van der Waals surface area contributed by atoms with Crippen molar-refractivity contribution >= 4 is 27.5 Å². The van der Waals surface area contributed by atoms with Crippen LogP contribution in [0.3, 0.4) is 0 Å². The Morgan fingerprint density at radius 1 is 1.30 bits per heavy atom. The predicted molar refractivity (Wildman–Crippen MR) is 83.4 cm³/mol. The molecule has 0 aliphatic heterocycles. The number of rotatable bonds is 5. The van der Waals surface area contributed by atoms with E-state index < -0.39 is 0 Å². The van der Waals surface area contributed by atoms with Gasteiger partial charge in [0, 0.05) is 28.6 Å². The molecule has 2 aromatic rings. The zero-order valence-electron chi connectivity index (χ0n) is 11.1. The Morgan fingerprint density at radius 3 is 2.75 bits per heavy atom. The molecule has 4 nitrogen and oxygen atoms in total. The highest BCUT2D eigenvalue weighted by Gasteiger charge is 2.08. The maximum Gasteiger partial charge on any atom is 0.238 e. The van der Waals surface area contributed by atoms with E-state index in [1.807, 2.05) is 31.2 Å². The number of halogens is 1. The van der Waals surface area contributed by atoms with Crippen molar-refractivity contribution in [3.63, 3.8) is 0 Å². The Morgan fingerprint density at radius 2 is 2.05 bits per heavy atom. The Hall–Kier alpha value is -1.72. The van der Waals surface area contributed by atoms with Gasteiger partial charge >= 0.3 is 0 Å². The number of benzene rings is 1. The minimum absolute atomic E-state index is 0.0713. The van der Waals surface area contributed by atoms with Crippen LogP contribution in [0, 0.1) is 0 Å². The van der Waals surface area contributed by atoms with Crippen molar-refractivity contribution in [3.8, 4) is 0 Å². The minimum atomic E-state index is -0.0713. The van der Waals surface area contributed by atoms with Gasteiger partial charge in [0.2, 0.25) is 5.91 Å². The molecule has 0 bridgehead atoms. The molecule has 0 saturated carbocycles. The van der Waals surface area contributed by atoms with Gasteiger partial charge in [-0.3, -0.25) is 9.78 Å². The second kappa shape index (κ2) is 7.17. The summed E-state index contributed by atoms with van der Waals surface area (Å²) in [6, 6.07) is 11.7. The lowest BCUT2D eigenvalue weighted by Crippen LogP contribution is -2.30. The molecule has 104 valence electrons. The molecule has 2 N–H and O–H groups in total. The van der Waals surface area contributed by atoms with Crippen LogP contribution < -0.4 is 10.6 Å². The Labute approximate surface area is 126 Å². The van der Waals surface area contributed by atoms with Crippen LogP contribution in [0.4, 0.5) is 5.69 Å². The number of nitrogens with one attached hydrogen (secondary N) is 2. The average molecular weight is 334 g/mol. The highest BCUT2D eigenvalue weighted by molar-refractivity contribution is 9.10. The van der Waals surface area contributed by atoms with Gasteiger partial charge < -0.3 is 10.6 Å². The van der Waals surface area contributed by atoms with Crippen molar-refractivity contribution in [2.45, 2.75) is 13.0 Å². The van der Waals surface area contributed by atoms with Crippen LogP contribution in [0.5, 0.6) is 0 Å². The van der Waals surface area contributed by atoms with Gasteiger partial charge in [0.05, 0.1) is 6.54 Å². The molecular formula is C15H16BrN3O. The summed E-state index contributed by atoms with van der Waals surface area (Å²) in [5.74, 6) is -0.0713. The van der Waals surface area contributed by atoms with Gasteiger partial charge in [-0.05, 0) is 36.8 Å². The summed E-state index contributed by atoms with van der Waals surface area (Å²) >= 11 is 3.44. The van der Waals surface area contributed by atoms with E-state index in [2.05, 4.69) is 31.5 Å². The fourth-order valence-corrected chi connectivity index (χ4v) is 2.20. The molecule has 0 saturated heterocycles. The lowest BCUT2D eigenvalue weighted by molar-refractivity contribution is -0.115. The monoisotopic (exact) mass is 333 g/mol. The number of aromatic nitrogens is 1. The van der Waals surface area contributed by atoms with Crippen LogP contribution >= 0.6 is 15.9 Å². The molecule has 1 aromatic heterocycles. The van der Waals surface area contributed by atoms with E-state index in [1.165, 1.54) is 0 Å². The summed E-state index contributed by atoms with van der Waals surface area (Å²) in [4.78, 5) is 15.7. The lowest BCUT2D eigenvalue weighted by atomic mass is 10.1. The number of carbonyl (C=O) groups excluding carboxylic acids is 1. The molecule has 1 heterocycles. The molecule has 20 heavy (non-hydrogen) atoms. The third kappa shape index (κ3) is 4.43. The van der Waals surface area contributed by atoms with Crippen molar-refractivity contribution < 1.29 is 4.79 Å². The SMILES string of the molecule is CC(NCC(=O)Nc1ccncc1)c1cccc(Br)c1. The van der Waals surface area contributed by atoms with Crippen LogP contribution in [-0.4, -0.2) is 17.4 Å². The molecule has 0 aliphatic carbocycles. The quantitative estimate of drug-likeness (QED) is 0.883. The van der Waals surface area contributed by atoms with Crippen LogP contribution in [0.2, 0.25) is 0 Å². The van der Waals surface area contributed by atoms with Crippen molar-refractivity contribution in [1.29, 1.82) is 0 Å². The minimum Gasteiger partial charge on any atom is -0.325 e. The van der Waals surface area contributed by atoms with Crippen molar-refractivity contribution in [1.82, 2.24) is 10.3 Å². The largest absolute Gasteiger partial charge is 0.325 e. The molecule has 0 spiro atoms. The molecule has 2 rings (SSSR count). The molecule has 0 fully saturated rings. The standard InChI is InChI=1S/C15H16BrN3O/c1-11(12-3-2-4-13(16)9-12)18-10-15(20)19-14-5-7-17-8-6-14/h2-9,11,18H,10H2,1H3,(H,17,19,20). The van der Waals surface area contributed by atoms with E-state index in [-0.39, 0.29) is 18.5 Å². The van der Waals surface area contributed by atoms with E-state index in [4.69, 9.17) is 0 Å². The van der Waals surface area contributed by atoms with E-state index >= 15 is 0 Å². The van der Waals surface area contributed by atoms with Gasteiger partial charge in [0.25, 0.3) is 0 Å². The zero-order valence-corrected chi connectivity index (χ0v) is 12.7. The second-order valence-corrected chi connectivity index (χ2v) is 5.36. The number of hydrogen-bond donors (Lipinski definition) is 2. The van der Waals surface area contributed by atoms with Crippen LogP contribution in [0.25, 0.3) is 0 Å². The van der Waals surface area contributed by atoms with Crippen LogP contribution in [0.1, 0.15) is 18.5 Å². The normalized spacial score (nSPS) is 11.9. The molecule has 1 unspecified atom stereocenters. The topological polar surface area (TPSA) is 54.0 Å². The first-order chi connectivity index (χ1) is 9.65. The number of carbonyl (C=O) groups is 1. The number of nitrogens with zero attached hydrogens (tertiary/aromatic N) is 1. The van der Waals surface area contributed by atoms with Gasteiger partial charge in [-0.1, -0.05) is 28.1 Å². The second-order valence-electron chi connectivity index (χ2n) is 4.44. The zero-order chi connectivity index (χ0) is 14.4. The average Bonchev–Trinajstić information content (AvgIpc) is 2.46. The Balaban J connectivity index is 1.84. The third-order valence-corrected chi connectivity index (χ3v) is 3.37. The van der Waals surface area contributed by atoms with E-state index in [0.717, 1.165) is 15.7 Å². The van der Waals surface area contributed by atoms with Gasteiger partial charge in [0.15, 0.2) is 0 Å². The third-order valence-electron chi connectivity index (χ3n) is 2.88. The fourth-order valence-electron chi connectivity index (χ4n) is 1.78. The van der Waals surface area contributed by atoms with Crippen LogP contribution in [0.15, 0.2) is 53.3 Å². The van der Waals surface area contributed by atoms with Gasteiger partial charge in [-0.2, -0.15) is 0 Å². The smallest absolute Gasteiger partial charge is 0.238 e. The number of anilines is 1. The molecule has 0 aliphatic rings. The summed E-state index contributed by atoms with van der Waals surface area (Å²) in [6.07, 6.45) is 3.29. The Bertz CT molecular complexity index is 574. The summed E-state index contributed by atoms with van der Waals surface area (Å²) in [6.45, 7) is 2.29. The predicted octanol–water partition coefficient (Wildman–Crippen LogP) is 3.13. The molecule has 5 heteroatoms. The first kappa shape index (κ1) is 14.7. The lowest BCUT2D eigenvalue weighted by Gasteiger charge is -2.14. The maximum atomic E-state index is 11.8. The van der Waals surface area contributed by atoms with Crippen molar-refractivity contribution in [2.75, 3.05) is 11.9 Å². The molecule has 1 amide bonds. The maximum absolute atomic E-state index is 11.8. The summed E-state index contributed by atoms with van der Waals surface area (Å²) in [7, 11) is 0. The van der Waals surface area contributed by atoms with E-state index in [1.54, 1.807) is 24.5 Å². The Kier molecular flexibility index (Phi) is 5.26.